The summed E-state index contributed by atoms with van der Waals surface area (Å²) in [6.07, 6.45) is 0. The van der Waals surface area contributed by atoms with Crippen molar-refractivity contribution in [3.63, 3.8) is 0 Å². The number of nitrogens with zero attached hydrogens (tertiary/aromatic N) is 7. The molecule has 0 saturated carbocycles. The highest BCUT2D eigenvalue weighted by atomic mass is 15.2. The van der Waals surface area contributed by atoms with Crippen LogP contribution in [0.5, 0.6) is 0 Å². The fraction of sp³-hybridized carbons (Fsp3) is 0.187. The zero-order valence-corrected chi connectivity index (χ0v) is 67.3. The van der Waals surface area contributed by atoms with Crippen LogP contribution in [0.1, 0.15) is 156 Å². The average molecular weight is 1510 g/mol. The summed E-state index contributed by atoms with van der Waals surface area (Å²) in [5.74, 6) is -1.06. The third kappa shape index (κ3) is 12.5. The van der Waals surface area contributed by atoms with Gasteiger partial charge in [0.2, 0.25) is 0 Å². The van der Waals surface area contributed by atoms with Crippen molar-refractivity contribution in [2.45, 2.75) is 131 Å². The molecule has 2 aliphatic heterocycles. The zero-order chi connectivity index (χ0) is 95.0. The first kappa shape index (κ1) is 54.9. The Morgan fingerprint density at radius 3 is 1.00 bits per heavy atom. The number of benzene rings is 14. The standard InChI is InChI=1S/C107H96BN7/c1-103(2,3)72-49-55-91-84(57-72)85-58-73(104(4,5)6)50-56-92(85)113(91)78-52-54-88-94(66-78)115(99-83(69-39-25-18-26-40-69)61-75(106(10,11)12)62-86(99)102-110-100(70-41-27-19-28-42-70)109-101(111-102)71-43-29-20-30-44-71)96-64-76(107(13,14)15)63-95-97(96)108(88)87-53-51-77(112-89-47-33-31-45-79(89)80-46-32-34-48-90(80)112)65-93(87)114(95)98-81(67-35-21-16-22-36-67)59-74(105(7,8)9)60-82(98)68-37-23-17-24-38-68/h16-66H,1-15H3/i19D,20D,27D,28D,29D,30D,31D,32D,33D,34D,41D,42D,43D,44D,45D,46D,47D,48D. The topological polar surface area (TPSA) is 55.0 Å². The molecule has 19 rings (SSSR count). The molecule has 0 N–H and O–H groups in total. The number of hydrogen-bond acceptors (Lipinski definition) is 5. The largest absolute Gasteiger partial charge is 0.310 e. The molecule has 0 unspecified atom stereocenters. The van der Waals surface area contributed by atoms with Crippen molar-refractivity contribution in [3.05, 3.63) is 337 Å². The van der Waals surface area contributed by atoms with Crippen LogP contribution >= 0.6 is 0 Å². The molecule has 562 valence electrons. The predicted molar refractivity (Wildman–Crippen MR) is 489 cm³/mol. The molecular formula is C107H96BN7. The van der Waals surface area contributed by atoms with E-state index < -0.39 is 154 Å². The molecule has 17 aromatic rings. The summed E-state index contributed by atoms with van der Waals surface area (Å²) in [6.45, 7) is 31.8. The van der Waals surface area contributed by atoms with Gasteiger partial charge in [-0.2, -0.15) is 0 Å². The molecule has 3 aromatic heterocycles. The Balaban J connectivity index is 1.05. The van der Waals surface area contributed by atoms with E-state index >= 15 is 0 Å². The van der Waals surface area contributed by atoms with E-state index in [1.54, 1.807) is 4.57 Å². The van der Waals surface area contributed by atoms with Gasteiger partial charge in [-0.05, 0) is 185 Å². The monoisotopic (exact) mass is 1510 g/mol. The quantitative estimate of drug-likeness (QED) is 0.128. The number of fused-ring (bicyclic) bond motifs is 10. The summed E-state index contributed by atoms with van der Waals surface area (Å²) >= 11 is 0. The van der Waals surface area contributed by atoms with Gasteiger partial charge in [0, 0.05) is 89.0 Å². The van der Waals surface area contributed by atoms with Gasteiger partial charge in [0.25, 0.3) is 6.71 Å². The molecule has 14 aromatic carbocycles. The Labute approximate surface area is 702 Å². The number of para-hydroxylation sites is 2. The molecule has 0 radical (unpaired) electrons. The molecule has 0 atom stereocenters. The van der Waals surface area contributed by atoms with Crippen molar-refractivity contribution in [2.75, 3.05) is 9.80 Å². The van der Waals surface area contributed by atoms with Crippen molar-refractivity contribution in [1.29, 1.82) is 0 Å². The summed E-state index contributed by atoms with van der Waals surface area (Å²) in [7, 11) is 0. The van der Waals surface area contributed by atoms with Crippen molar-refractivity contribution in [3.8, 4) is 78.9 Å². The molecule has 0 saturated heterocycles. The third-order valence-electron chi connectivity index (χ3n) is 22.9. The van der Waals surface area contributed by atoms with Crippen LogP contribution in [0.3, 0.4) is 0 Å². The highest BCUT2D eigenvalue weighted by Crippen LogP contribution is 2.56. The molecule has 2 aliphatic rings. The Hall–Kier alpha value is -12.6. The van der Waals surface area contributed by atoms with Crippen molar-refractivity contribution in [2.24, 2.45) is 0 Å². The fourth-order valence-corrected chi connectivity index (χ4v) is 16.8. The summed E-state index contributed by atoms with van der Waals surface area (Å²) in [4.78, 5) is 20.3. The molecule has 0 amide bonds. The molecule has 0 bridgehead atoms. The molecule has 7 nitrogen and oxygen atoms in total. The number of anilines is 6. The van der Waals surface area contributed by atoms with E-state index in [1.807, 2.05) is 91.0 Å². The summed E-state index contributed by atoms with van der Waals surface area (Å²) in [6, 6.07) is 58.5. The van der Waals surface area contributed by atoms with E-state index in [2.05, 4.69) is 227 Å². The Kier molecular flexibility index (Phi) is 12.9. The van der Waals surface area contributed by atoms with Gasteiger partial charge in [-0.25, -0.2) is 15.0 Å². The molecule has 0 aliphatic carbocycles. The molecule has 5 heterocycles. The minimum atomic E-state index is -0.788. The Morgan fingerprint density at radius 1 is 0.270 bits per heavy atom. The summed E-state index contributed by atoms with van der Waals surface area (Å²) in [5, 5.41) is 1.91. The third-order valence-corrected chi connectivity index (χ3v) is 22.9. The lowest BCUT2D eigenvalue weighted by Crippen LogP contribution is -2.61. The van der Waals surface area contributed by atoms with Crippen LogP contribution in [0.2, 0.25) is 0 Å². The van der Waals surface area contributed by atoms with Gasteiger partial charge in [0.15, 0.2) is 17.5 Å². The fourth-order valence-electron chi connectivity index (χ4n) is 16.8. The first-order valence-corrected chi connectivity index (χ1v) is 39.3. The predicted octanol–water partition coefficient (Wildman–Crippen LogP) is 26.6. The van der Waals surface area contributed by atoms with Crippen LogP contribution in [0.25, 0.3) is 123 Å². The molecule has 115 heavy (non-hydrogen) atoms. The van der Waals surface area contributed by atoms with E-state index in [1.165, 1.54) is 0 Å². The number of rotatable bonds is 10. The molecule has 0 fully saturated rings. The summed E-state index contributed by atoms with van der Waals surface area (Å²) < 4.78 is 174. The van der Waals surface area contributed by atoms with Gasteiger partial charge < -0.3 is 18.9 Å². The lowest BCUT2D eigenvalue weighted by molar-refractivity contribution is 0.590. The lowest BCUT2D eigenvalue weighted by atomic mass is 9.33. The first-order chi connectivity index (χ1) is 62.7. The van der Waals surface area contributed by atoms with Crippen molar-refractivity contribution in [1.82, 2.24) is 24.1 Å². The maximum Gasteiger partial charge on any atom is 0.252 e. The SMILES string of the molecule is [2H]c1c([2H])c([2H])c(-c2nc(-c3cc(C(C)(C)C)cc(-c4ccccc4)c3N3c4cc(-n5c6ccc(C(C)(C)C)cc6c6cc(C(C)(C)C)ccc65)ccc4B4c5ccc(-n6c7c([2H])c([2H])c([2H])c([2H])c7c7c([2H])c([2H])c([2H])c([2H])c76)cc5N(c5c(-c6ccccc6)cc(C(C)(C)C)cc5-c5ccccc5)c5cc(C(C)(C)C)cc3c54)nc(-c3c([2H])c([2H])c([2H])c([2H])c3[2H])n2)c([2H])c1[2H]. The van der Waals surface area contributed by atoms with Crippen molar-refractivity contribution < 1.29 is 24.7 Å². The summed E-state index contributed by atoms with van der Waals surface area (Å²) in [5.41, 5.74) is 15.5. The van der Waals surface area contributed by atoms with Gasteiger partial charge in [0.1, 0.15) is 0 Å². The van der Waals surface area contributed by atoms with Gasteiger partial charge in [-0.1, -0.05) is 316 Å². The van der Waals surface area contributed by atoms with E-state index in [9.17, 15) is 21.9 Å². The maximum absolute atomic E-state index is 9.98. The van der Waals surface area contributed by atoms with Crippen LogP contribution in [-0.4, -0.2) is 30.8 Å². The molecular weight excluding hydrogens is 1390 g/mol. The smallest absolute Gasteiger partial charge is 0.252 e. The average Bonchev–Trinajstić information content (AvgIpc) is 1.42. The number of hydrogen-bond donors (Lipinski definition) is 0. The van der Waals surface area contributed by atoms with E-state index in [0.29, 0.717) is 39.7 Å². The van der Waals surface area contributed by atoms with Gasteiger partial charge in [-0.3, -0.25) is 0 Å². The molecule has 8 heteroatoms. The number of aromatic nitrogens is 5. The Bertz CT molecular complexity index is 7540. The highest BCUT2D eigenvalue weighted by molar-refractivity contribution is 7.00. The molecule has 0 spiro atoms. The second kappa shape index (κ2) is 27.0. The van der Waals surface area contributed by atoms with Crippen LogP contribution in [0, 0.1) is 0 Å². The lowest BCUT2D eigenvalue weighted by Gasteiger charge is -2.46. The van der Waals surface area contributed by atoms with Crippen LogP contribution in [0.15, 0.2) is 309 Å². The first-order valence-electron chi connectivity index (χ1n) is 48.3. The minimum Gasteiger partial charge on any atom is -0.310 e. The van der Waals surface area contributed by atoms with E-state index in [4.69, 9.17) is 17.7 Å². The second-order valence-electron chi connectivity index (χ2n) is 35.6. The van der Waals surface area contributed by atoms with Crippen molar-refractivity contribution >= 4 is 101 Å². The zero-order valence-electron chi connectivity index (χ0n) is 85.3. The minimum absolute atomic E-state index is 0.0560. The maximum atomic E-state index is 9.98. The van der Waals surface area contributed by atoms with E-state index in [-0.39, 0.29) is 44.0 Å². The highest BCUT2D eigenvalue weighted by Gasteiger charge is 2.47. The van der Waals surface area contributed by atoms with E-state index in [0.717, 1.165) is 105 Å². The normalized spacial score (nSPS) is 15.3. The Morgan fingerprint density at radius 2 is 0.609 bits per heavy atom. The second-order valence-corrected chi connectivity index (χ2v) is 35.6. The van der Waals surface area contributed by atoms with Crippen LogP contribution in [-0.2, 0) is 27.1 Å². The van der Waals surface area contributed by atoms with Crippen LogP contribution in [0.4, 0.5) is 34.1 Å². The van der Waals surface area contributed by atoms with Gasteiger partial charge in [-0.15, -0.1) is 0 Å². The van der Waals surface area contributed by atoms with Gasteiger partial charge >= 0.3 is 0 Å². The van der Waals surface area contributed by atoms with Crippen LogP contribution < -0.4 is 26.2 Å². The van der Waals surface area contributed by atoms with Gasteiger partial charge in [0.05, 0.1) is 58.1 Å².